The van der Waals surface area contributed by atoms with Crippen LogP contribution < -0.4 is 5.32 Å². The number of nitrogens with one attached hydrogen (secondary N) is 1. The van der Waals surface area contributed by atoms with Gasteiger partial charge < -0.3 is 5.32 Å². The summed E-state index contributed by atoms with van der Waals surface area (Å²) in [5.74, 6) is -0.650. The maximum Gasteiger partial charge on any atom is 0.273 e. The monoisotopic (exact) mass is 325 g/mol. The predicted octanol–water partition coefficient (Wildman–Crippen LogP) is 2.35. The van der Waals surface area contributed by atoms with Gasteiger partial charge in [-0.2, -0.15) is 0 Å². The van der Waals surface area contributed by atoms with Gasteiger partial charge in [-0.3, -0.25) is 9.78 Å². The Morgan fingerprint density at radius 1 is 1.25 bits per heavy atom. The van der Waals surface area contributed by atoms with Gasteiger partial charge in [0.1, 0.15) is 5.82 Å². The molecule has 0 unspecified atom stereocenters. The van der Waals surface area contributed by atoms with Crippen molar-refractivity contribution in [3.8, 4) is 0 Å². The summed E-state index contributed by atoms with van der Waals surface area (Å²) in [5, 5.41) is 10.6. The molecular formula is C17H16FN5O. The summed E-state index contributed by atoms with van der Waals surface area (Å²) in [6.45, 7) is 2.17. The quantitative estimate of drug-likeness (QED) is 0.781. The van der Waals surface area contributed by atoms with Gasteiger partial charge in [-0.1, -0.05) is 23.4 Å². The normalized spacial score (nSPS) is 11.9. The number of halogens is 1. The van der Waals surface area contributed by atoms with Gasteiger partial charge in [0, 0.05) is 24.5 Å². The van der Waals surface area contributed by atoms with E-state index in [4.69, 9.17) is 0 Å². The van der Waals surface area contributed by atoms with Crippen molar-refractivity contribution in [1.82, 2.24) is 25.3 Å². The van der Waals surface area contributed by atoms with Gasteiger partial charge in [0.25, 0.3) is 5.91 Å². The largest absolute Gasteiger partial charge is 0.347 e. The second-order valence-corrected chi connectivity index (χ2v) is 5.32. The van der Waals surface area contributed by atoms with Crippen LogP contribution in [0.5, 0.6) is 0 Å². The molecule has 3 aromatic rings. The van der Waals surface area contributed by atoms with Crippen LogP contribution in [0.4, 0.5) is 4.39 Å². The molecule has 0 saturated carbocycles. The Morgan fingerprint density at radius 2 is 2.00 bits per heavy atom. The van der Waals surface area contributed by atoms with Gasteiger partial charge in [-0.05, 0) is 30.7 Å². The zero-order chi connectivity index (χ0) is 16.9. The van der Waals surface area contributed by atoms with Crippen LogP contribution in [0.15, 0.2) is 55.0 Å². The first-order valence-electron chi connectivity index (χ1n) is 7.48. The molecule has 1 atom stereocenters. The van der Waals surface area contributed by atoms with Crippen LogP contribution >= 0.6 is 0 Å². The number of nitrogens with zero attached hydrogens (tertiary/aromatic N) is 4. The van der Waals surface area contributed by atoms with Crippen molar-refractivity contribution in [3.63, 3.8) is 0 Å². The van der Waals surface area contributed by atoms with Gasteiger partial charge in [-0.25, -0.2) is 9.07 Å². The van der Waals surface area contributed by atoms with Crippen LogP contribution in [0, 0.1) is 5.82 Å². The number of hydrogen-bond acceptors (Lipinski definition) is 4. The van der Waals surface area contributed by atoms with Crippen molar-refractivity contribution in [2.45, 2.75) is 19.5 Å². The van der Waals surface area contributed by atoms with Crippen molar-refractivity contribution in [2.75, 3.05) is 0 Å². The second kappa shape index (κ2) is 6.99. The fourth-order valence-corrected chi connectivity index (χ4v) is 2.30. The second-order valence-electron chi connectivity index (χ2n) is 5.32. The van der Waals surface area contributed by atoms with E-state index in [1.54, 1.807) is 37.5 Å². The molecular weight excluding hydrogens is 309 g/mol. The molecule has 0 spiro atoms. The lowest BCUT2D eigenvalue weighted by molar-refractivity contribution is 0.0946. The number of rotatable bonds is 5. The molecule has 122 valence electrons. The minimum atomic E-state index is -0.361. The molecule has 2 heterocycles. The van der Waals surface area contributed by atoms with Crippen LogP contribution in [0.25, 0.3) is 0 Å². The van der Waals surface area contributed by atoms with E-state index in [0.717, 1.165) is 5.56 Å². The number of benzene rings is 1. The van der Waals surface area contributed by atoms with Crippen molar-refractivity contribution < 1.29 is 9.18 Å². The molecule has 6 nitrogen and oxygen atoms in total. The highest BCUT2D eigenvalue weighted by atomic mass is 19.1. The molecule has 0 aliphatic rings. The first kappa shape index (κ1) is 15.8. The molecule has 0 aliphatic carbocycles. The third-order valence-corrected chi connectivity index (χ3v) is 3.70. The lowest BCUT2D eigenvalue weighted by Crippen LogP contribution is -2.23. The highest BCUT2D eigenvalue weighted by Crippen LogP contribution is 2.19. The lowest BCUT2D eigenvalue weighted by Gasteiger charge is -2.12. The number of hydrogen-bond donors (Lipinski definition) is 1. The van der Waals surface area contributed by atoms with E-state index in [2.05, 4.69) is 20.6 Å². The summed E-state index contributed by atoms with van der Waals surface area (Å²) in [7, 11) is 0. The van der Waals surface area contributed by atoms with Crippen LogP contribution in [0.1, 0.15) is 34.6 Å². The van der Waals surface area contributed by atoms with Crippen LogP contribution in [-0.4, -0.2) is 25.9 Å². The van der Waals surface area contributed by atoms with Gasteiger partial charge >= 0.3 is 0 Å². The first-order valence-corrected chi connectivity index (χ1v) is 7.48. The molecule has 2 aromatic heterocycles. The molecule has 24 heavy (non-hydrogen) atoms. The summed E-state index contributed by atoms with van der Waals surface area (Å²) >= 11 is 0. The maximum absolute atomic E-state index is 13.9. The molecule has 0 aliphatic heterocycles. The molecule has 3 rings (SSSR count). The van der Waals surface area contributed by atoms with E-state index < -0.39 is 0 Å². The number of aromatic nitrogens is 4. The Kier molecular flexibility index (Phi) is 4.60. The Morgan fingerprint density at radius 3 is 2.75 bits per heavy atom. The molecule has 1 aromatic carbocycles. The Bertz CT molecular complexity index is 834. The Balaban J connectivity index is 1.69. The van der Waals surface area contributed by atoms with E-state index in [-0.39, 0.29) is 23.5 Å². The SMILES string of the molecule is C[C@H](c1ccccc1F)n1cc(C(=O)NCc2ccncc2)nn1. The zero-order valence-corrected chi connectivity index (χ0v) is 13.1. The van der Waals surface area contributed by atoms with Gasteiger partial charge in [0.15, 0.2) is 5.69 Å². The first-order chi connectivity index (χ1) is 11.6. The highest BCUT2D eigenvalue weighted by Gasteiger charge is 2.16. The van der Waals surface area contributed by atoms with Crippen molar-refractivity contribution in [3.05, 3.63) is 77.6 Å². The third-order valence-electron chi connectivity index (χ3n) is 3.70. The van der Waals surface area contributed by atoms with E-state index >= 15 is 0 Å². The van der Waals surface area contributed by atoms with Gasteiger partial charge in [0.2, 0.25) is 0 Å². The minimum absolute atomic E-state index is 0.187. The Hall–Kier alpha value is -3.09. The van der Waals surface area contributed by atoms with Crippen LogP contribution in [-0.2, 0) is 6.54 Å². The zero-order valence-electron chi connectivity index (χ0n) is 13.1. The minimum Gasteiger partial charge on any atom is -0.347 e. The summed E-state index contributed by atoms with van der Waals surface area (Å²) < 4.78 is 15.3. The molecule has 0 radical (unpaired) electrons. The van der Waals surface area contributed by atoms with Crippen LogP contribution in [0.2, 0.25) is 0 Å². The Labute approximate surface area is 138 Å². The van der Waals surface area contributed by atoms with E-state index in [1.807, 2.05) is 12.1 Å². The van der Waals surface area contributed by atoms with Crippen molar-refractivity contribution in [2.24, 2.45) is 0 Å². The fourth-order valence-electron chi connectivity index (χ4n) is 2.30. The average Bonchev–Trinajstić information content (AvgIpc) is 3.10. The molecule has 0 saturated heterocycles. The van der Waals surface area contributed by atoms with Gasteiger partial charge in [0.05, 0.1) is 12.2 Å². The highest BCUT2D eigenvalue weighted by molar-refractivity contribution is 5.91. The van der Waals surface area contributed by atoms with Gasteiger partial charge in [-0.15, -0.1) is 5.10 Å². The smallest absolute Gasteiger partial charge is 0.273 e. The van der Waals surface area contributed by atoms with Crippen molar-refractivity contribution in [1.29, 1.82) is 0 Å². The van der Waals surface area contributed by atoms with Crippen LogP contribution in [0.3, 0.4) is 0 Å². The molecule has 7 heteroatoms. The van der Waals surface area contributed by atoms with E-state index in [9.17, 15) is 9.18 Å². The average molecular weight is 325 g/mol. The number of carbonyl (C=O) groups is 1. The number of carbonyl (C=O) groups excluding carboxylic acids is 1. The van der Waals surface area contributed by atoms with E-state index in [1.165, 1.54) is 16.9 Å². The molecule has 1 amide bonds. The lowest BCUT2D eigenvalue weighted by atomic mass is 10.1. The summed E-state index contributed by atoms with van der Waals surface area (Å²) in [6, 6.07) is 9.74. The molecule has 1 N–H and O–H groups in total. The standard InChI is InChI=1S/C17H16FN5O/c1-12(14-4-2-3-5-15(14)18)23-11-16(21-22-23)17(24)20-10-13-6-8-19-9-7-13/h2-9,11-12H,10H2,1H3,(H,20,24)/t12-/m1/s1. The maximum atomic E-state index is 13.9. The fraction of sp³-hybridized carbons (Fsp3) is 0.176. The number of pyridine rings is 1. The number of amides is 1. The summed E-state index contributed by atoms with van der Waals surface area (Å²) in [5.41, 5.74) is 1.61. The third kappa shape index (κ3) is 3.45. The predicted molar refractivity (Wildman–Crippen MR) is 85.6 cm³/mol. The summed E-state index contributed by atoms with van der Waals surface area (Å²) in [4.78, 5) is 16.1. The van der Waals surface area contributed by atoms with Crippen molar-refractivity contribution >= 4 is 5.91 Å². The topological polar surface area (TPSA) is 72.7 Å². The summed E-state index contributed by atoms with van der Waals surface area (Å²) in [6.07, 6.45) is 4.83. The van der Waals surface area contributed by atoms with E-state index in [0.29, 0.717) is 12.1 Å². The molecule has 0 fully saturated rings. The molecule has 0 bridgehead atoms.